The molecule has 1 aliphatic rings. The number of nitrogens with zero attached hydrogens (tertiary/aromatic N) is 2. The Balaban J connectivity index is 1.61. The van der Waals surface area contributed by atoms with Crippen LogP contribution in [0.4, 0.5) is 5.00 Å². The van der Waals surface area contributed by atoms with Crippen LogP contribution >= 0.6 is 27.3 Å². The predicted molar refractivity (Wildman–Crippen MR) is 129 cm³/mol. The number of halogens is 1. The Morgan fingerprint density at radius 2 is 1.94 bits per heavy atom. The SMILES string of the molecule is CCOC(=O)c1nn(-c2ccc(Br)cc2)c(=O)c2c(NC(=O)c3ccc4c(c3)OCO4)scc12. The van der Waals surface area contributed by atoms with Gasteiger partial charge in [-0.1, -0.05) is 15.9 Å². The Hall–Kier alpha value is -3.70. The molecule has 1 amide bonds. The number of hydrogen-bond donors (Lipinski definition) is 1. The van der Waals surface area contributed by atoms with Crippen LogP contribution in [0.2, 0.25) is 0 Å². The van der Waals surface area contributed by atoms with Gasteiger partial charge in [-0.2, -0.15) is 9.78 Å². The van der Waals surface area contributed by atoms with E-state index in [1.165, 1.54) is 0 Å². The summed E-state index contributed by atoms with van der Waals surface area (Å²) in [6, 6.07) is 11.7. The van der Waals surface area contributed by atoms with E-state index in [1.54, 1.807) is 54.8 Å². The van der Waals surface area contributed by atoms with Crippen LogP contribution in [0.5, 0.6) is 11.5 Å². The highest BCUT2D eigenvalue weighted by molar-refractivity contribution is 9.10. The Labute approximate surface area is 205 Å². The van der Waals surface area contributed by atoms with Gasteiger partial charge in [0.2, 0.25) is 6.79 Å². The van der Waals surface area contributed by atoms with Gasteiger partial charge in [0.1, 0.15) is 5.00 Å². The summed E-state index contributed by atoms with van der Waals surface area (Å²) in [6.07, 6.45) is 0. The number of rotatable bonds is 5. The molecule has 0 saturated carbocycles. The maximum absolute atomic E-state index is 13.5. The number of fused-ring (bicyclic) bond motifs is 2. The highest BCUT2D eigenvalue weighted by atomic mass is 79.9. The predicted octanol–water partition coefficient (Wildman–Crippen LogP) is 4.37. The maximum atomic E-state index is 13.5. The zero-order chi connectivity index (χ0) is 23.8. The molecule has 4 aromatic rings. The smallest absolute Gasteiger partial charge is 0.359 e. The van der Waals surface area contributed by atoms with Gasteiger partial charge in [0.25, 0.3) is 11.5 Å². The van der Waals surface area contributed by atoms with Crippen molar-refractivity contribution < 1.29 is 23.8 Å². The number of thiophene rings is 1. The zero-order valence-electron chi connectivity index (χ0n) is 17.7. The summed E-state index contributed by atoms with van der Waals surface area (Å²) in [6.45, 7) is 1.93. The zero-order valence-corrected chi connectivity index (χ0v) is 20.1. The van der Waals surface area contributed by atoms with Crippen LogP contribution in [0.25, 0.3) is 16.5 Å². The van der Waals surface area contributed by atoms with Gasteiger partial charge in [-0.15, -0.1) is 11.3 Å². The summed E-state index contributed by atoms with van der Waals surface area (Å²) < 4.78 is 17.7. The van der Waals surface area contributed by atoms with E-state index in [0.29, 0.717) is 33.1 Å². The third kappa shape index (κ3) is 3.93. The Morgan fingerprint density at radius 1 is 1.18 bits per heavy atom. The van der Waals surface area contributed by atoms with Crippen molar-refractivity contribution >= 4 is 54.9 Å². The van der Waals surface area contributed by atoms with E-state index in [-0.39, 0.29) is 24.5 Å². The Kier molecular flexibility index (Phi) is 5.80. The summed E-state index contributed by atoms with van der Waals surface area (Å²) in [7, 11) is 0. The largest absolute Gasteiger partial charge is 0.461 e. The lowest BCUT2D eigenvalue weighted by molar-refractivity contribution is 0.0520. The first kappa shape index (κ1) is 22.1. The molecule has 0 unspecified atom stereocenters. The number of benzene rings is 2. The summed E-state index contributed by atoms with van der Waals surface area (Å²) in [5.41, 5.74) is 0.297. The van der Waals surface area contributed by atoms with Crippen molar-refractivity contribution in [3.8, 4) is 17.2 Å². The van der Waals surface area contributed by atoms with E-state index in [0.717, 1.165) is 20.5 Å². The van der Waals surface area contributed by atoms with Gasteiger partial charge in [0.15, 0.2) is 17.2 Å². The number of carbonyl (C=O) groups excluding carboxylic acids is 2. The molecule has 1 N–H and O–H groups in total. The summed E-state index contributed by atoms with van der Waals surface area (Å²) in [5.74, 6) is -0.0771. The molecule has 2 aromatic heterocycles. The average molecular weight is 542 g/mol. The number of aromatic nitrogens is 2. The van der Waals surface area contributed by atoms with Crippen LogP contribution < -0.4 is 20.3 Å². The molecule has 0 saturated heterocycles. The first-order valence-corrected chi connectivity index (χ1v) is 11.8. The van der Waals surface area contributed by atoms with Crippen molar-refractivity contribution in [1.82, 2.24) is 9.78 Å². The second-order valence-corrected chi connectivity index (χ2v) is 8.93. The fourth-order valence-corrected chi connectivity index (χ4v) is 4.66. The minimum Gasteiger partial charge on any atom is -0.461 e. The van der Waals surface area contributed by atoms with Crippen molar-refractivity contribution in [1.29, 1.82) is 0 Å². The lowest BCUT2D eigenvalue weighted by Crippen LogP contribution is -2.25. The second kappa shape index (κ2) is 8.92. The van der Waals surface area contributed by atoms with Crippen LogP contribution in [0.1, 0.15) is 27.8 Å². The first-order chi connectivity index (χ1) is 16.5. The summed E-state index contributed by atoms with van der Waals surface area (Å²) in [4.78, 5) is 39.1. The number of esters is 1. The molecule has 2 aromatic carbocycles. The molecule has 0 bridgehead atoms. The molecule has 0 aliphatic carbocycles. The van der Waals surface area contributed by atoms with E-state index in [2.05, 4.69) is 26.3 Å². The van der Waals surface area contributed by atoms with E-state index >= 15 is 0 Å². The Morgan fingerprint density at radius 3 is 2.71 bits per heavy atom. The third-order valence-electron chi connectivity index (χ3n) is 5.05. The second-order valence-electron chi connectivity index (χ2n) is 7.14. The van der Waals surface area contributed by atoms with Crippen LogP contribution in [0.15, 0.2) is 57.1 Å². The lowest BCUT2D eigenvalue weighted by Gasteiger charge is -2.10. The third-order valence-corrected chi connectivity index (χ3v) is 6.48. The van der Waals surface area contributed by atoms with Crippen molar-refractivity contribution in [2.75, 3.05) is 18.7 Å². The normalized spacial score (nSPS) is 12.1. The number of nitrogens with one attached hydrogen (secondary N) is 1. The molecule has 0 fully saturated rings. The van der Waals surface area contributed by atoms with Crippen molar-refractivity contribution in [2.45, 2.75) is 6.92 Å². The lowest BCUT2D eigenvalue weighted by atomic mass is 10.2. The van der Waals surface area contributed by atoms with Crippen molar-refractivity contribution in [2.24, 2.45) is 0 Å². The standard InChI is InChI=1S/C23H16BrN3O6S/c1-2-31-23(30)19-15-10-34-21(25-20(28)12-3-8-16-17(9-12)33-11-32-16)18(15)22(29)27(26-19)14-6-4-13(24)5-7-14/h3-10H,2,11H2,1H3,(H,25,28). The number of ether oxygens (including phenoxy) is 3. The molecule has 9 nitrogen and oxygen atoms in total. The van der Waals surface area contributed by atoms with Crippen LogP contribution in [0.3, 0.4) is 0 Å². The highest BCUT2D eigenvalue weighted by Gasteiger charge is 2.24. The topological polar surface area (TPSA) is 109 Å². The minimum absolute atomic E-state index is 0.0146. The fraction of sp³-hybridized carbons (Fsp3) is 0.130. The molecular formula is C23H16BrN3O6S. The molecule has 0 radical (unpaired) electrons. The van der Waals surface area contributed by atoms with Gasteiger partial charge < -0.3 is 19.5 Å². The monoisotopic (exact) mass is 541 g/mol. The van der Waals surface area contributed by atoms with Crippen LogP contribution in [-0.2, 0) is 4.74 Å². The van der Waals surface area contributed by atoms with Gasteiger partial charge in [0.05, 0.1) is 17.7 Å². The van der Waals surface area contributed by atoms with Gasteiger partial charge in [-0.25, -0.2) is 4.79 Å². The van der Waals surface area contributed by atoms with E-state index in [4.69, 9.17) is 14.2 Å². The molecule has 0 spiro atoms. The van der Waals surface area contributed by atoms with Crippen LogP contribution in [0, 0.1) is 0 Å². The van der Waals surface area contributed by atoms with E-state index in [1.807, 2.05) is 0 Å². The highest BCUT2D eigenvalue weighted by Crippen LogP contribution is 2.34. The number of hydrogen-bond acceptors (Lipinski definition) is 8. The number of amides is 1. The molecule has 3 heterocycles. The van der Waals surface area contributed by atoms with Crippen LogP contribution in [-0.4, -0.2) is 35.1 Å². The quantitative estimate of drug-likeness (QED) is 0.373. The average Bonchev–Trinajstić information content (AvgIpc) is 3.47. The molecule has 11 heteroatoms. The van der Waals surface area contributed by atoms with Crippen molar-refractivity contribution in [3.63, 3.8) is 0 Å². The fourth-order valence-electron chi connectivity index (χ4n) is 3.46. The summed E-state index contributed by atoms with van der Waals surface area (Å²) >= 11 is 4.49. The minimum atomic E-state index is -0.662. The van der Waals surface area contributed by atoms with Gasteiger partial charge >= 0.3 is 5.97 Å². The molecular weight excluding hydrogens is 526 g/mol. The molecule has 172 valence electrons. The van der Waals surface area contributed by atoms with Gasteiger partial charge in [0, 0.05) is 20.8 Å². The molecule has 1 aliphatic heterocycles. The first-order valence-electron chi connectivity index (χ1n) is 10.1. The van der Waals surface area contributed by atoms with Gasteiger partial charge in [-0.3, -0.25) is 9.59 Å². The molecule has 34 heavy (non-hydrogen) atoms. The Bertz CT molecular complexity index is 1500. The maximum Gasteiger partial charge on any atom is 0.359 e. The molecule has 0 atom stereocenters. The summed E-state index contributed by atoms with van der Waals surface area (Å²) in [5, 5.41) is 9.44. The number of carbonyl (C=O) groups is 2. The van der Waals surface area contributed by atoms with Crippen molar-refractivity contribution in [3.05, 3.63) is 73.9 Å². The van der Waals surface area contributed by atoms with E-state index < -0.39 is 17.4 Å². The van der Waals surface area contributed by atoms with Gasteiger partial charge in [-0.05, 0) is 49.4 Å². The van der Waals surface area contributed by atoms with E-state index in [9.17, 15) is 14.4 Å². The molecule has 5 rings (SSSR count). The number of anilines is 1.